The van der Waals surface area contributed by atoms with E-state index in [0.717, 1.165) is 0 Å². The summed E-state index contributed by atoms with van der Waals surface area (Å²) >= 11 is 0. The van der Waals surface area contributed by atoms with E-state index >= 15 is 0 Å². The molecule has 1 unspecified atom stereocenters. The molecule has 0 spiro atoms. The van der Waals surface area contributed by atoms with E-state index in [1.807, 2.05) is 13.8 Å². The quantitative estimate of drug-likeness (QED) is 0.841. The summed E-state index contributed by atoms with van der Waals surface area (Å²) in [6.07, 6.45) is -3.96. The van der Waals surface area contributed by atoms with Gasteiger partial charge >= 0.3 is 6.18 Å². The third-order valence-corrected chi connectivity index (χ3v) is 3.39. The van der Waals surface area contributed by atoms with Gasteiger partial charge in [-0.05, 0) is 44.5 Å². The summed E-state index contributed by atoms with van der Waals surface area (Å²) in [5.41, 5.74) is 5.60. The lowest BCUT2D eigenvalue weighted by molar-refractivity contribution is -0.137. The predicted octanol–water partition coefficient (Wildman–Crippen LogP) is 3.07. The number of methoxy groups -OCH3 is 1. The number of halogens is 3. The summed E-state index contributed by atoms with van der Waals surface area (Å²) in [5, 5.41) is 0. The number of nitrogens with two attached hydrogens (primary N) is 1. The van der Waals surface area contributed by atoms with Crippen LogP contribution in [-0.2, 0) is 17.3 Å². The first kappa shape index (κ1) is 17.8. The van der Waals surface area contributed by atoms with Crippen LogP contribution in [0.3, 0.4) is 0 Å². The molecule has 1 aromatic rings. The maximum atomic E-state index is 13.3. The molecule has 0 aliphatic heterocycles. The average molecular weight is 304 g/mol. The van der Waals surface area contributed by atoms with Crippen LogP contribution in [0, 0.1) is 0 Å². The first-order valence-electron chi connectivity index (χ1n) is 7.00. The molecule has 21 heavy (non-hydrogen) atoms. The Balaban J connectivity index is 3.26. The molecular formula is C15H23F3N2O. The molecule has 120 valence electrons. The average Bonchev–Trinajstić information content (AvgIpc) is 2.40. The van der Waals surface area contributed by atoms with Gasteiger partial charge in [-0.25, -0.2) is 0 Å². The van der Waals surface area contributed by atoms with Crippen LogP contribution in [-0.4, -0.2) is 32.8 Å². The maximum Gasteiger partial charge on any atom is 0.418 e. The summed E-state index contributed by atoms with van der Waals surface area (Å²) in [4.78, 5) is 1.71. The molecule has 3 nitrogen and oxygen atoms in total. The van der Waals surface area contributed by atoms with Crippen LogP contribution in [0.15, 0.2) is 18.2 Å². The molecule has 1 aromatic carbocycles. The van der Waals surface area contributed by atoms with Gasteiger partial charge < -0.3 is 15.4 Å². The zero-order valence-corrected chi connectivity index (χ0v) is 12.7. The van der Waals surface area contributed by atoms with E-state index in [2.05, 4.69) is 0 Å². The fourth-order valence-electron chi connectivity index (χ4n) is 2.43. The second-order valence-electron chi connectivity index (χ2n) is 4.98. The van der Waals surface area contributed by atoms with E-state index in [1.54, 1.807) is 18.1 Å². The van der Waals surface area contributed by atoms with Crippen molar-refractivity contribution in [3.05, 3.63) is 29.3 Å². The molecule has 0 aromatic heterocycles. The van der Waals surface area contributed by atoms with Gasteiger partial charge in [-0.2, -0.15) is 13.2 Å². The molecule has 0 aliphatic carbocycles. The largest absolute Gasteiger partial charge is 0.418 e. The Bertz CT molecular complexity index is 449. The molecule has 1 atom stereocenters. The van der Waals surface area contributed by atoms with Crippen molar-refractivity contribution < 1.29 is 17.9 Å². The monoisotopic (exact) mass is 304 g/mol. The van der Waals surface area contributed by atoms with Gasteiger partial charge in [0.15, 0.2) is 0 Å². The molecule has 0 fully saturated rings. The predicted molar refractivity (Wildman–Crippen MR) is 78.6 cm³/mol. The van der Waals surface area contributed by atoms with Crippen LogP contribution in [0.25, 0.3) is 0 Å². The van der Waals surface area contributed by atoms with Gasteiger partial charge in [0.25, 0.3) is 0 Å². The van der Waals surface area contributed by atoms with E-state index in [1.165, 1.54) is 12.1 Å². The lowest BCUT2D eigenvalue weighted by atomic mass is 10.0. The summed E-state index contributed by atoms with van der Waals surface area (Å²) in [6.45, 7) is 4.86. The zero-order chi connectivity index (χ0) is 16.0. The molecule has 0 saturated carbocycles. The number of nitrogens with zero attached hydrogens (tertiary/aromatic N) is 1. The summed E-state index contributed by atoms with van der Waals surface area (Å²) in [7, 11) is 1.54. The van der Waals surface area contributed by atoms with Gasteiger partial charge in [0, 0.05) is 25.4 Å². The lowest BCUT2D eigenvalue weighted by Gasteiger charge is -2.32. The number of anilines is 1. The Morgan fingerprint density at radius 3 is 2.48 bits per heavy atom. The van der Waals surface area contributed by atoms with Crippen molar-refractivity contribution in [1.29, 1.82) is 0 Å². The molecule has 0 bridgehead atoms. The molecular weight excluding hydrogens is 281 g/mol. The highest BCUT2D eigenvalue weighted by Crippen LogP contribution is 2.38. The van der Waals surface area contributed by atoms with Crippen LogP contribution < -0.4 is 10.6 Å². The minimum atomic E-state index is -4.39. The Hall–Kier alpha value is -1.27. The second kappa shape index (κ2) is 7.66. The Labute approximate surface area is 123 Å². The fourth-order valence-corrected chi connectivity index (χ4v) is 2.43. The van der Waals surface area contributed by atoms with Crippen LogP contribution in [0.1, 0.15) is 25.0 Å². The van der Waals surface area contributed by atoms with Crippen LogP contribution in [0.5, 0.6) is 0 Å². The molecule has 1 rings (SSSR count). The van der Waals surface area contributed by atoms with E-state index in [9.17, 15) is 13.2 Å². The number of benzene rings is 1. The van der Waals surface area contributed by atoms with E-state index in [0.29, 0.717) is 31.7 Å². The highest BCUT2D eigenvalue weighted by molar-refractivity contribution is 5.57. The number of rotatable bonds is 7. The van der Waals surface area contributed by atoms with Crippen molar-refractivity contribution in [2.24, 2.45) is 5.73 Å². The highest BCUT2D eigenvalue weighted by atomic mass is 19.4. The maximum absolute atomic E-state index is 13.3. The first-order chi connectivity index (χ1) is 9.85. The number of ether oxygens (including phenoxy) is 1. The standard InChI is InChI=1S/C15H23F3N2O/c1-4-20(11(2)10-21-3)14-6-5-12(7-8-19)9-13(14)15(16,17)18/h5-6,9,11H,4,7-8,10,19H2,1-3H3. The minimum Gasteiger partial charge on any atom is -0.383 e. The third-order valence-electron chi connectivity index (χ3n) is 3.39. The van der Waals surface area contributed by atoms with Crippen molar-refractivity contribution in [2.75, 3.05) is 31.7 Å². The van der Waals surface area contributed by atoms with E-state index in [4.69, 9.17) is 10.5 Å². The number of alkyl halides is 3. The fraction of sp³-hybridized carbons (Fsp3) is 0.600. The summed E-state index contributed by atoms with van der Waals surface area (Å²) < 4.78 is 45.0. The SMILES string of the molecule is CCN(c1ccc(CCN)cc1C(F)(F)F)C(C)COC. The molecule has 6 heteroatoms. The topological polar surface area (TPSA) is 38.5 Å². The van der Waals surface area contributed by atoms with Gasteiger partial charge in [-0.1, -0.05) is 6.07 Å². The number of hydrogen-bond acceptors (Lipinski definition) is 3. The first-order valence-corrected chi connectivity index (χ1v) is 7.00. The van der Waals surface area contributed by atoms with Gasteiger partial charge in [0.2, 0.25) is 0 Å². The Morgan fingerprint density at radius 1 is 1.33 bits per heavy atom. The van der Waals surface area contributed by atoms with Crippen molar-refractivity contribution in [3.63, 3.8) is 0 Å². The Morgan fingerprint density at radius 2 is 2.00 bits per heavy atom. The van der Waals surface area contributed by atoms with Crippen LogP contribution in [0.2, 0.25) is 0 Å². The van der Waals surface area contributed by atoms with Gasteiger partial charge in [-0.15, -0.1) is 0 Å². The van der Waals surface area contributed by atoms with Crippen molar-refractivity contribution >= 4 is 5.69 Å². The summed E-state index contributed by atoms with van der Waals surface area (Å²) in [6, 6.07) is 4.30. The zero-order valence-electron chi connectivity index (χ0n) is 12.7. The van der Waals surface area contributed by atoms with Gasteiger partial charge in [-0.3, -0.25) is 0 Å². The normalized spacial score (nSPS) is 13.3. The van der Waals surface area contributed by atoms with E-state index in [-0.39, 0.29) is 11.7 Å². The molecule has 0 heterocycles. The van der Waals surface area contributed by atoms with Gasteiger partial charge in [0.1, 0.15) is 0 Å². The smallest absolute Gasteiger partial charge is 0.383 e. The van der Waals surface area contributed by atoms with Crippen LogP contribution >= 0.6 is 0 Å². The van der Waals surface area contributed by atoms with Crippen molar-refractivity contribution in [3.8, 4) is 0 Å². The third kappa shape index (κ3) is 4.61. The number of likely N-dealkylation sites (N-methyl/N-ethyl adjacent to an activating group) is 1. The van der Waals surface area contributed by atoms with Gasteiger partial charge in [0.05, 0.1) is 12.2 Å². The Kier molecular flexibility index (Phi) is 6.48. The van der Waals surface area contributed by atoms with Crippen molar-refractivity contribution in [2.45, 2.75) is 32.5 Å². The molecule has 0 amide bonds. The van der Waals surface area contributed by atoms with E-state index < -0.39 is 11.7 Å². The minimum absolute atomic E-state index is 0.138. The molecule has 2 N–H and O–H groups in total. The van der Waals surface area contributed by atoms with Crippen molar-refractivity contribution in [1.82, 2.24) is 0 Å². The molecule has 0 saturated heterocycles. The highest BCUT2D eigenvalue weighted by Gasteiger charge is 2.35. The summed E-state index contributed by atoms with van der Waals surface area (Å²) in [5.74, 6) is 0. The molecule has 0 radical (unpaired) electrons. The number of hydrogen-bond donors (Lipinski definition) is 1. The van der Waals surface area contributed by atoms with Crippen LogP contribution in [0.4, 0.5) is 18.9 Å². The lowest BCUT2D eigenvalue weighted by Crippen LogP contribution is -2.37. The second-order valence-corrected chi connectivity index (χ2v) is 4.98. The molecule has 0 aliphatic rings.